The molecule has 2 aromatic carbocycles. The van der Waals surface area contributed by atoms with E-state index in [1.165, 1.54) is 5.56 Å². The van der Waals surface area contributed by atoms with Gasteiger partial charge in [0.2, 0.25) is 0 Å². The number of benzene rings is 2. The minimum Gasteiger partial charge on any atom is -0.349 e. The van der Waals surface area contributed by atoms with Gasteiger partial charge in [-0.15, -0.1) is 0 Å². The molecule has 27 heavy (non-hydrogen) atoms. The lowest BCUT2D eigenvalue weighted by molar-refractivity contribution is 0.0924. The summed E-state index contributed by atoms with van der Waals surface area (Å²) >= 11 is 6.12. The summed E-state index contributed by atoms with van der Waals surface area (Å²) in [6.07, 6.45) is 3.91. The Hall–Kier alpha value is -2.59. The molecule has 2 unspecified atom stereocenters. The van der Waals surface area contributed by atoms with Crippen LogP contribution in [0.4, 0.5) is 0 Å². The highest BCUT2D eigenvalue weighted by molar-refractivity contribution is 6.30. The smallest absolute Gasteiger partial charge is 0.261 e. The second kappa shape index (κ2) is 7.57. The number of amides is 1. The Morgan fingerprint density at radius 2 is 1.93 bits per heavy atom. The van der Waals surface area contributed by atoms with Gasteiger partial charge >= 0.3 is 0 Å². The van der Waals surface area contributed by atoms with E-state index in [0.29, 0.717) is 5.92 Å². The van der Waals surface area contributed by atoms with Gasteiger partial charge in [0.05, 0.1) is 0 Å². The predicted octanol–water partition coefficient (Wildman–Crippen LogP) is 4.64. The normalized spacial score (nSPS) is 19.7. The number of nitrogens with one attached hydrogen (secondary N) is 2. The number of aromatic nitrogens is 1. The third-order valence-corrected chi connectivity index (χ3v) is 5.56. The molecule has 0 bridgehead atoms. The third-order valence-electron chi connectivity index (χ3n) is 5.33. The van der Waals surface area contributed by atoms with Crippen molar-refractivity contribution < 1.29 is 4.79 Å². The second-order valence-corrected chi connectivity index (χ2v) is 7.62. The number of rotatable bonds is 3. The Kier molecular flexibility index (Phi) is 4.99. The number of carbonyl (C=O) groups is 1. The average molecular weight is 381 g/mol. The number of para-hydroxylation sites is 1. The van der Waals surface area contributed by atoms with E-state index >= 15 is 0 Å². The van der Waals surface area contributed by atoms with Crippen molar-refractivity contribution in [2.45, 2.75) is 37.6 Å². The fourth-order valence-corrected chi connectivity index (χ4v) is 4.16. The largest absolute Gasteiger partial charge is 0.349 e. The lowest BCUT2D eigenvalue weighted by Crippen LogP contribution is -2.40. The first-order valence-corrected chi connectivity index (χ1v) is 9.66. The molecule has 4 rings (SSSR count). The zero-order valence-corrected chi connectivity index (χ0v) is 15.6. The standard InChI is InChI=1S/C22H21ClN2O2/c23-17-8-3-6-14(11-17)15-7-4-9-18(12-15)24-21(26)19-13-16-5-1-2-10-20(16)25-22(19)27/h1-3,5-6,8,10-11,13,15,18H,4,7,9,12H2,(H,24,26)(H,25,27). The number of halogens is 1. The van der Waals surface area contributed by atoms with E-state index in [9.17, 15) is 9.59 Å². The first-order chi connectivity index (χ1) is 13.1. The average Bonchev–Trinajstić information content (AvgIpc) is 2.67. The maximum atomic E-state index is 12.7. The SMILES string of the molecule is O=C(NC1CCCC(c2cccc(Cl)c2)C1)c1cc2ccccc2[nH]c1=O. The van der Waals surface area contributed by atoms with Crippen molar-refractivity contribution in [3.63, 3.8) is 0 Å². The molecule has 2 atom stereocenters. The molecule has 0 saturated heterocycles. The number of hydrogen-bond acceptors (Lipinski definition) is 2. The summed E-state index contributed by atoms with van der Waals surface area (Å²) in [5.74, 6) is 0.0661. The molecular weight excluding hydrogens is 360 g/mol. The first-order valence-electron chi connectivity index (χ1n) is 9.28. The molecule has 1 aliphatic carbocycles. The summed E-state index contributed by atoms with van der Waals surface area (Å²) in [6, 6.07) is 17.1. The molecule has 138 valence electrons. The van der Waals surface area contributed by atoms with E-state index in [-0.39, 0.29) is 23.1 Å². The van der Waals surface area contributed by atoms with E-state index in [4.69, 9.17) is 11.6 Å². The molecule has 5 heteroatoms. The summed E-state index contributed by atoms with van der Waals surface area (Å²) < 4.78 is 0. The van der Waals surface area contributed by atoms with Crippen molar-refractivity contribution in [2.24, 2.45) is 0 Å². The highest BCUT2D eigenvalue weighted by Crippen LogP contribution is 2.34. The van der Waals surface area contributed by atoms with E-state index < -0.39 is 0 Å². The molecule has 1 amide bonds. The minimum atomic E-state index is -0.353. The number of H-pyrrole nitrogens is 1. The molecule has 1 heterocycles. The monoisotopic (exact) mass is 380 g/mol. The second-order valence-electron chi connectivity index (χ2n) is 7.19. The first kappa shape index (κ1) is 17.8. The highest BCUT2D eigenvalue weighted by atomic mass is 35.5. The van der Waals surface area contributed by atoms with Gasteiger partial charge < -0.3 is 10.3 Å². The van der Waals surface area contributed by atoms with Crippen LogP contribution in [0.15, 0.2) is 59.4 Å². The minimum absolute atomic E-state index is 0.0566. The van der Waals surface area contributed by atoms with Gasteiger partial charge in [-0.05, 0) is 60.4 Å². The number of carbonyl (C=O) groups excluding carboxylic acids is 1. The molecule has 0 spiro atoms. The zero-order chi connectivity index (χ0) is 18.8. The Bertz CT molecular complexity index is 1040. The molecule has 0 radical (unpaired) electrons. The Morgan fingerprint density at radius 3 is 2.78 bits per heavy atom. The molecule has 1 fully saturated rings. The van der Waals surface area contributed by atoms with Crippen molar-refractivity contribution in [3.05, 3.63) is 81.1 Å². The van der Waals surface area contributed by atoms with E-state index in [1.807, 2.05) is 42.5 Å². The van der Waals surface area contributed by atoms with Crippen molar-refractivity contribution in [1.29, 1.82) is 0 Å². The van der Waals surface area contributed by atoms with Gasteiger partial charge in [0.25, 0.3) is 11.5 Å². The van der Waals surface area contributed by atoms with Crippen LogP contribution in [0.3, 0.4) is 0 Å². The van der Waals surface area contributed by atoms with Crippen LogP contribution in [0, 0.1) is 0 Å². The van der Waals surface area contributed by atoms with Gasteiger partial charge in [-0.2, -0.15) is 0 Å². The van der Waals surface area contributed by atoms with Crippen LogP contribution in [0.25, 0.3) is 10.9 Å². The van der Waals surface area contributed by atoms with Crippen LogP contribution in [0.5, 0.6) is 0 Å². The van der Waals surface area contributed by atoms with Crippen molar-refractivity contribution >= 4 is 28.4 Å². The third kappa shape index (κ3) is 3.91. The zero-order valence-electron chi connectivity index (χ0n) is 14.9. The van der Waals surface area contributed by atoms with Crippen molar-refractivity contribution in [1.82, 2.24) is 10.3 Å². The number of aromatic amines is 1. The molecule has 3 aromatic rings. The lowest BCUT2D eigenvalue weighted by Gasteiger charge is -2.30. The summed E-state index contributed by atoms with van der Waals surface area (Å²) in [5, 5.41) is 4.65. The van der Waals surface area contributed by atoms with E-state index in [2.05, 4.69) is 16.4 Å². The summed E-state index contributed by atoms with van der Waals surface area (Å²) in [4.78, 5) is 27.8. The number of hydrogen-bond donors (Lipinski definition) is 2. The Balaban J connectivity index is 1.51. The van der Waals surface area contributed by atoms with Crippen LogP contribution in [-0.4, -0.2) is 16.9 Å². The highest BCUT2D eigenvalue weighted by Gasteiger charge is 2.25. The summed E-state index contributed by atoms with van der Waals surface area (Å²) in [5.41, 5.74) is 1.76. The Morgan fingerprint density at radius 1 is 1.07 bits per heavy atom. The molecule has 1 aromatic heterocycles. The van der Waals surface area contributed by atoms with Gasteiger partial charge in [0.1, 0.15) is 5.56 Å². The molecule has 0 aliphatic heterocycles. The van der Waals surface area contributed by atoms with E-state index in [0.717, 1.165) is 41.6 Å². The molecule has 2 N–H and O–H groups in total. The predicted molar refractivity (Wildman–Crippen MR) is 108 cm³/mol. The quantitative estimate of drug-likeness (QED) is 0.695. The fraction of sp³-hybridized carbons (Fsp3) is 0.273. The Labute approximate surface area is 162 Å². The van der Waals surface area contributed by atoms with Crippen LogP contribution >= 0.6 is 11.6 Å². The molecule has 1 saturated carbocycles. The van der Waals surface area contributed by atoms with Gasteiger partial charge in [0.15, 0.2) is 0 Å². The lowest BCUT2D eigenvalue weighted by atomic mass is 9.81. The van der Waals surface area contributed by atoms with Gasteiger partial charge in [-0.3, -0.25) is 9.59 Å². The van der Waals surface area contributed by atoms with Crippen LogP contribution in [-0.2, 0) is 0 Å². The topological polar surface area (TPSA) is 62.0 Å². The number of pyridine rings is 1. The molecule has 4 nitrogen and oxygen atoms in total. The number of fused-ring (bicyclic) bond motifs is 1. The van der Waals surface area contributed by atoms with Gasteiger partial charge in [-0.25, -0.2) is 0 Å². The van der Waals surface area contributed by atoms with Crippen molar-refractivity contribution in [3.8, 4) is 0 Å². The van der Waals surface area contributed by atoms with Gasteiger partial charge in [-0.1, -0.05) is 48.4 Å². The van der Waals surface area contributed by atoms with Crippen LogP contribution in [0.1, 0.15) is 47.5 Å². The maximum absolute atomic E-state index is 12.7. The van der Waals surface area contributed by atoms with Crippen LogP contribution in [0.2, 0.25) is 5.02 Å². The van der Waals surface area contributed by atoms with Crippen molar-refractivity contribution in [2.75, 3.05) is 0 Å². The summed E-state index contributed by atoms with van der Waals surface area (Å²) in [7, 11) is 0. The molecule has 1 aliphatic rings. The maximum Gasteiger partial charge on any atom is 0.261 e. The van der Waals surface area contributed by atoms with E-state index in [1.54, 1.807) is 6.07 Å². The van der Waals surface area contributed by atoms with Crippen LogP contribution < -0.4 is 10.9 Å². The fourth-order valence-electron chi connectivity index (χ4n) is 3.96. The molecular formula is C22H21ClN2O2. The van der Waals surface area contributed by atoms with Gasteiger partial charge in [0, 0.05) is 16.6 Å². The summed E-state index contributed by atoms with van der Waals surface area (Å²) in [6.45, 7) is 0.